The molecule has 0 atom stereocenters. The third-order valence-corrected chi connectivity index (χ3v) is 4.61. The number of ether oxygens (including phenoxy) is 1. The van der Waals surface area contributed by atoms with Crippen molar-refractivity contribution >= 4 is 18.3 Å². The number of carbonyl (C=O) groups excluding carboxylic acids is 1. The number of para-hydroxylation sites is 1. The van der Waals surface area contributed by atoms with Crippen LogP contribution in [0.2, 0.25) is 0 Å². The van der Waals surface area contributed by atoms with Crippen molar-refractivity contribution in [3.8, 4) is 11.5 Å². The lowest BCUT2D eigenvalue weighted by atomic mass is 9.93. The maximum atomic E-state index is 12.1. The Balaban J connectivity index is 0.00000243. The zero-order valence-electron chi connectivity index (χ0n) is 14.9. The molecule has 4 nitrogen and oxygen atoms in total. The molecular formula is C21H27ClN2O2. The first-order chi connectivity index (χ1) is 12.3. The van der Waals surface area contributed by atoms with E-state index < -0.39 is 0 Å². The molecule has 2 aromatic carbocycles. The van der Waals surface area contributed by atoms with Crippen molar-refractivity contribution in [2.24, 2.45) is 5.92 Å². The Kier molecular flexibility index (Phi) is 8.45. The minimum absolute atomic E-state index is 0. The van der Waals surface area contributed by atoms with E-state index in [9.17, 15) is 4.79 Å². The van der Waals surface area contributed by atoms with Gasteiger partial charge in [0.2, 0.25) is 5.91 Å². The zero-order chi connectivity index (χ0) is 17.3. The Labute approximate surface area is 161 Å². The topological polar surface area (TPSA) is 50.4 Å². The molecule has 1 aliphatic heterocycles. The van der Waals surface area contributed by atoms with E-state index in [1.165, 1.54) is 12.8 Å². The van der Waals surface area contributed by atoms with E-state index in [4.69, 9.17) is 4.74 Å². The predicted octanol–water partition coefficient (Wildman–Crippen LogP) is 4.30. The number of piperidine rings is 1. The molecule has 26 heavy (non-hydrogen) atoms. The second-order valence-electron chi connectivity index (χ2n) is 6.57. The highest BCUT2D eigenvalue weighted by Crippen LogP contribution is 2.22. The third kappa shape index (κ3) is 6.70. The monoisotopic (exact) mass is 374 g/mol. The maximum absolute atomic E-state index is 12.1. The predicted molar refractivity (Wildman–Crippen MR) is 107 cm³/mol. The van der Waals surface area contributed by atoms with E-state index in [1.807, 2.05) is 54.6 Å². The molecule has 140 valence electrons. The van der Waals surface area contributed by atoms with Gasteiger partial charge in [0, 0.05) is 13.0 Å². The van der Waals surface area contributed by atoms with Crippen LogP contribution < -0.4 is 15.4 Å². The highest BCUT2D eigenvalue weighted by atomic mass is 35.5. The van der Waals surface area contributed by atoms with Crippen LogP contribution >= 0.6 is 12.4 Å². The summed E-state index contributed by atoms with van der Waals surface area (Å²) in [6.07, 6.45) is 3.98. The van der Waals surface area contributed by atoms with Gasteiger partial charge < -0.3 is 15.4 Å². The molecule has 2 aromatic rings. The van der Waals surface area contributed by atoms with Crippen LogP contribution in [-0.2, 0) is 11.3 Å². The number of nitrogens with one attached hydrogen (secondary N) is 2. The fourth-order valence-corrected chi connectivity index (χ4v) is 3.14. The van der Waals surface area contributed by atoms with Crippen molar-refractivity contribution in [3.63, 3.8) is 0 Å². The summed E-state index contributed by atoms with van der Waals surface area (Å²) in [5.74, 6) is 2.42. The summed E-state index contributed by atoms with van der Waals surface area (Å²) in [6, 6.07) is 17.6. The SMILES string of the molecule is Cl.O=C(CCC1CCNCC1)NCc1cccc(Oc2ccccc2)c1. The Morgan fingerprint density at radius 3 is 2.54 bits per heavy atom. The summed E-state index contributed by atoms with van der Waals surface area (Å²) in [6.45, 7) is 2.71. The second kappa shape index (κ2) is 10.8. The van der Waals surface area contributed by atoms with Gasteiger partial charge in [0.1, 0.15) is 11.5 Å². The van der Waals surface area contributed by atoms with E-state index in [-0.39, 0.29) is 18.3 Å². The third-order valence-electron chi connectivity index (χ3n) is 4.61. The molecule has 1 aliphatic rings. The molecule has 3 rings (SSSR count). The average Bonchev–Trinajstić information content (AvgIpc) is 2.67. The number of halogens is 1. The summed E-state index contributed by atoms with van der Waals surface area (Å²) in [5, 5.41) is 6.38. The quantitative estimate of drug-likeness (QED) is 0.759. The van der Waals surface area contributed by atoms with Gasteiger partial charge in [0.15, 0.2) is 0 Å². The Hall–Kier alpha value is -2.04. The number of benzene rings is 2. The summed E-state index contributed by atoms with van der Waals surface area (Å²) in [4.78, 5) is 12.1. The van der Waals surface area contributed by atoms with E-state index in [1.54, 1.807) is 0 Å². The molecule has 0 radical (unpaired) electrons. The van der Waals surface area contributed by atoms with Gasteiger partial charge in [-0.25, -0.2) is 0 Å². The van der Waals surface area contributed by atoms with E-state index in [2.05, 4.69) is 10.6 Å². The summed E-state index contributed by atoms with van der Waals surface area (Å²) in [7, 11) is 0. The lowest BCUT2D eigenvalue weighted by Gasteiger charge is -2.22. The minimum atomic E-state index is 0. The molecule has 0 unspecified atom stereocenters. The summed E-state index contributed by atoms with van der Waals surface area (Å²) < 4.78 is 5.83. The van der Waals surface area contributed by atoms with Gasteiger partial charge in [-0.15, -0.1) is 12.4 Å². The van der Waals surface area contributed by atoms with Crippen molar-refractivity contribution in [1.82, 2.24) is 10.6 Å². The van der Waals surface area contributed by atoms with Crippen LogP contribution in [-0.4, -0.2) is 19.0 Å². The van der Waals surface area contributed by atoms with Gasteiger partial charge in [-0.3, -0.25) is 4.79 Å². The molecule has 1 amide bonds. The second-order valence-corrected chi connectivity index (χ2v) is 6.57. The first-order valence-electron chi connectivity index (χ1n) is 9.09. The largest absolute Gasteiger partial charge is 0.457 e. The molecule has 0 bridgehead atoms. The fraction of sp³-hybridized carbons (Fsp3) is 0.381. The normalized spacial score (nSPS) is 14.3. The molecular weight excluding hydrogens is 348 g/mol. The maximum Gasteiger partial charge on any atom is 0.220 e. The number of amides is 1. The molecule has 2 N–H and O–H groups in total. The van der Waals surface area contributed by atoms with Gasteiger partial charge in [0.05, 0.1) is 0 Å². The molecule has 1 saturated heterocycles. The summed E-state index contributed by atoms with van der Waals surface area (Å²) >= 11 is 0. The lowest BCUT2D eigenvalue weighted by Crippen LogP contribution is -2.29. The molecule has 0 aromatic heterocycles. The van der Waals surface area contributed by atoms with Crippen molar-refractivity contribution in [3.05, 3.63) is 60.2 Å². The Morgan fingerprint density at radius 1 is 1.04 bits per heavy atom. The van der Waals surface area contributed by atoms with Crippen LogP contribution in [0.1, 0.15) is 31.2 Å². The molecule has 0 saturated carbocycles. The average molecular weight is 375 g/mol. The fourth-order valence-electron chi connectivity index (χ4n) is 3.14. The van der Waals surface area contributed by atoms with E-state index in [0.29, 0.717) is 18.9 Å². The molecule has 1 fully saturated rings. The lowest BCUT2D eigenvalue weighted by molar-refractivity contribution is -0.121. The first kappa shape index (κ1) is 20.3. The van der Waals surface area contributed by atoms with Crippen LogP contribution in [0.3, 0.4) is 0 Å². The number of hydrogen-bond donors (Lipinski definition) is 2. The van der Waals surface area contributed by atoms with Crippen LogP contribution in [0.4, 0.5) is 0 Å². The van der Waals surface area contributed by atoms with Gasteiger partial charge >= 0.3 is 0 Å². The van der Waals surface area contributed by atoms with Crippen molar-refractivity contribution in [1.29, 1.82) is 0 Å². The minimum Gasteiger partial charge on any atom is -0.457 e. The van der Waals surface area contributed by atoms with Gasteiger partial charge in [-0.05, 0) is 68.1 Å². The van der Waals surface area contributed by atoms with Crippen LogP contribution in [0.5, 0.6) is 11.5 Å². The molecule has 0 spiro atoms. The number of hydrogen-bond acceptors (Lipinski definition) is 3. The smallest absolute Gasteiger partial charge is 0.220 e. The van der Waals surface area contributed by atoms with Crippen molar-refractivity contribution in [2.75, 3.05) is 13.1 Å². The van der Waals surface area contributed by atoms with Crippen molar-refractivity contribution in [2.45, 2.75) is 32.2 Å². The van der Waals surface area contributed by atoms with Crippen LogP contribution in [0.15, 0.2) is 54.6 Å². The van der Waals surface area contributed by atoms with Gasteiger partial charge in [-0.2, -0.15) is 0 Å². The summed E-state index contributed by atoms with van der Waals surface area (Å²) in [5.41, 5.74) is 1.05. The standard InChI is InChI=1S/C21H26N2O2.ClH/c24-21(10-9-17-11-13-22-14-12-17)23-16-18-5-4-8-20(15-18)25-19-6-2-1-3-7-19;/h1-8,15,17,22H,9-14,16H2,(H,23,24);1H. The number of rotatable bonds is 7. The molecule has 1 heterocycles. The van der Waals surface area contributed by atoms with Crippen molar-refractivity contribution < 1.29 is 9.53 Å². The zero-order valence-corrected chi connectivity index (χ0v) is 15.8. The number of carbonyl (C=O) groups is 1. The highest BCUT2D eigenvalue weighted by Gasteiger charge is 2.14. The Morgan fingerprint density at radius 2 is 1.77 bits per heavy atom. The van der Waals surface area contributed by atoms with Gasteiger partial charge in [0.25, 0.3) is 0 Å². The molecule has 0 aliphatic carbocycles. The highest BCUT2D eigenvalue weighted by molar-refractivity contribution is 5.85. The van der Waals surface area contributed by atoms with Crippen LogP contribution in [0, 0.1) is 5.92 Å². The van der Waals surface area contributed by atoms with E-state index in [0.717, 1.165) is 36.6 Å². The first-order valence-corrected chi connectivity index (χ1v) is 9.09. The van der Waals surface area contributed by atoms with Gasteiger partial charge in [-0.1, -0.05) is 30.3 Å². The Bertz CT molecular complexity index is 673. The van der Waals surface area contributed by atoms with E-state index >= 15 is 0 Å². The van der Waals surface area contributed by atoms with Crippen LogP contribution in [0.25, 0.3) is 0 Å². The molecule has 5 heteroatoms.